The molecule has 0 spiro atoms. The molecule has 0 unspecified atom stereocenters. The Morgan fingerprint density at radius 3 is 2.46 bits per heavy atom. The Bertz CT molecular complexity index is 900. The summed E-state index contributed by atoms with van der Waals surface area (Å²) in [6, 6.07) is 17.3. The van der Waals surface area contributed by atoms with Crippen LogP contribution in [0.3, 0.4) is 0 Å². The molecule has 0 radical (unpaired) electrons. The van der Waals surface area contributed by atoms with Crippen LogP contribution in [-0.4, -0.2) is 41.9 Å². The highest BCUT2D eigenvalue weighted by molar-refractivity contribution is 6.44. The number of amides is 1. The van der Waals surface area contributed by atoms with Crippen molar-refractivity contribution in [3.05, 3.63) is 75.9 Å². The molecule has 1 aliphatic rings. The molecule has 0 saturated carbocycles. The summed E-state index contributed by atoms with van der Waals surface area (Å²) in [6.07, 6.45) is 1.62. The van der Waals surface area contributed by atoms with E-state index >= 15 is 0 Å². The van der Waals surface area contributed by atoms with Gasteiger partial charge in [-0.05, 0) is 17.7 Å². The molecule has 2 aromatic carbocycles. The maximum absolute atomic E-state index is 12.4. The topological polar surface area (TPSA) is 59.4 Å². The molecule has 0 aromatic heterocycles. The monoisotopic (exact) mass is 414 g/mol. The fourth-order valence-corrected chi connectivity index (χ4v) is 3.35. The second kappa shape index (κ2) is 9.61. The molecule has 1 N–H and O–H groups in total. The van der Waals surface area contributed by atoms with Crippen LogP contribution in [0, 0.1) is 11.3 Å². The molecule has 1 saturated heterocycles. The summed E-state index contributed by atoms with van der Waals surface area (Å²) < 4.78 is 0. The highest BCUT2D eigenvalue weighted by Crippen LogP contribution is 2.29. The van der Waals surface area contributed by atoms with Gasteiger partial charge in [0.25, 0.3) is 5.91 Å². The van der Waals surface area contributed by atoms with E-state index in [0.717, 1.165) is 32.7 Å². The molecule has 0 aliphatic carbocycles. The molecule has 0 atom stereocenters. The quantitative estimate of drug-likeness (QED) is 0.589. The van der Waals surface area contributed by atoms with Crippen LogP contribution in [0.25, 0.3) is 0 Å². The third-order valence-electron chi connectivity index (χ3n) is 4.53. The zero-order valence-corrected chi connectivity index (χ0v) is 16.7. The van der Waals surface area contributed by atoms with Gasteiger partial charge >= 0.3 is 0 Å². The predicted molar refractivity (Wildman–Crippen MR) is 112 cm³/mol. The number of benzene rings is 2. The Kier molecular flexibility index (Phi) is 6.94. The number of carbonyl (C=O) groups excluding carboxylic acids is 1. The van der Waals surface area contributed by atoms with Gasteiger partial charge in [0.1, 0.15) is 11.6 Å². The van der Waals surface area contributed by atoms with Crippen LogP contribution in [0.15, 0.2) is 60.3 Å². The largest absolute Gasteiger partial charge is 0.374 e. The standard InChI is InChI=1S/C21H20Cl2N4O/c22-18-7-4-8-19(20(18)23)25-21(28)17(13-24)15-27-11-9-26(10-12-27)14-16-5-2-1-3-6-16/h1-8,15H,9-12,14H2,(H,25,28)/b17-15-. The van der Waals surface area contributed by atoms with E-state index in [4.69, 9.17) is 23.2 Å². The van der Waals surface area contributed by atoms with Crippen molar-refractivity contribution in [1.29, 1.82) is 5.26 Å². The van der Waals surface area contributed by atoms with E-state index in [9.17, 15) is 10.1 Å². The second-order valence-electron chi connectivity index (χ2n) is 6.51. The Labute approximate surface area is 174 Å². The summed E-state index contributed by atoms with van der Waals surface area (Å²) in [5.74, 6) is -0.501. The van der Waals surface area contributed by atoms with Crippen molar-refractivity contribution in [1.82, 2.24) is 9.80 Å². The molecule has 28 heavy (non-hydrogen) atoms. The number of nitriles is 1. The van der Waals surface area contributed by atoms with E-state index in [2.05, 4.69) is 22.3 Å². The van der Waals surface area contributed by atoms with Crippen molar-refractivity contribution in [3.63, 3.8) is 0 Å². The zero-order valence-electron chi connectivity index (χ0n) is 15.2. The fraction of sp³-hybridized carbons (Fsp3) is 0.238. The van der Waals surface area contributed by atoms with Gasteiger partial charge in [0.2, 0.25) is 0 Å². The van der Waals surface area contributed by atoms with Gasteiger partial charge in [-0.25, -0.2) is 0 Å². The molecule has 1 heterocycles. The number of hydrogen-bond donors (Lipinski definition) is 1. The summed E-state index contributed by atoms with van der Waals surface area (Å²) in [5.41, 5.74) is 1.70. The van der Waals surface area contributed by atoms with Crippen LogP contribution in [0.5, 0.6) is 0 Å². The van der Waals surface area contributed by atoms with Gasteiger partial charge in [-0.15, -0.1) is 0 Å². The van der Waals surface area contributed by atoms with Crippen molar-refractivity contribution in [2.45, 2.75) is 6.54 Å². The number of nitrogens with one attached hydrogen (secondary N) is 1. The van der Waals surface area contributed by atoms with Crippen LogP contribution < -0.4 is 5.32 Å². The highest BCUT2D eigenvalue weighted by atomic mass is 35.5. The molecule has 144 valence electrons. The minimum Gasteiger partial charge on any atom is -0.374 e. The molecule has 1 aliphatic heterocycles. The van der Waals surface area contributed by atoms with Crippen molar-refractivity contribution in [3.8, 4) is 6.07 Å². The van der Waals surface area contributed by atoms with Gasteiger partial charge in [-0.3, -0.25) is 9.69 Å². The first-order chi connectivity index (χ1) is 13.6. The van der Waals surface area contributed by atoms with Gasteiger partial charge in [0.05, 0.1) is 15.7 Å². The van der Waals surface area contributed by atoms with Crippen LogP contribution in [-0.2, 0) is 11.3 Å². The lowest BCUT2D eigenvalue weighted by molar-refractivity contribution is -0.112. The summed E-state index contributed by atoms with van der Waals surface area (Å²) in [4.78, 5) is 16.8. The average Bonchev–Trinajstić information content (AvgIpc) is 2.71. The molecule has 2 aromatic rings. The molecule has 0 bridgehead atoms. The van der Waals surface area contributed by atoms with E-state index in [1.165, 1.54) is 5.56 Å². The van der Waals surface area contributed by atoms with Crippen LogP contribution in [0.2, 0.25) is 10.0 Å². The Balaban J connectivity index is 1.58. The number of piperazine rings is 1. The zero-order chi connectivity index (χ0) is 19.9. The molecular weight excluding hydrogens is 395 g/mol. The smallest absolute Gasteiger partial charge is 0.267 e. The Morgan fingerprint density at radius 1 is 1.07 bits per heavy atom. The molecule has 3 rings (SSSR count). The minimum absolute atomic E-state index is 0.0348. The van der Waals surface area contributed by atoms with Crippen molar-refractivity contribution in [2.75, 3.05) is 31.5 Å². The molecular formula is C21H20Cl2N4O. The molecule has 5 nitrogen and oxygen atoms in total. The van der Waals surface area contributed by atoms with E-state index in [0.29, 0.717) is 10.7 Å². The van der Waals surface area contributed by atoms with Crippen LogP contribution in [0.1, 0.15) is 5.56 Å². The summed E-state index contributed by atoms with van der Waals surface area (Å²) >= 11 is 12.1. The highest BCUT2D eigenvalue weighted by Gasteiger charge is 2.18. The summed E-state index contributed by atoms with van der Waals surface area (Å²) in [7, 11) is 0. The lowest BCUT2D eigenvalue weighted by atomic mass is 10.2. The van der Waals surface area contributed by atoms with Crippen molar-refractivity contribution < 1.29 is 4.79 Å². The van der Waals surface area contributed by atoms with Gasteiger partial charge in [-0.1, -0.05) is 59.6 Å². The number of rotatable bonds is 5. The molecule has 1 amide bonds. The number of hydrogen-bond acceptors (Lipinski definition) is 4. The maximum atomic E-state index is 12.4. The van der Waals surface area contributed by atoms with Crippen LogP contribution in [0.4, 0.5) is 5.69 Å². The Morgan fingerprint density at radius 2 is 1.79 bits per heavy atom. The first kappa shape index (κ1) is 20.2. The molecule has 1 fully saturated rings. The fourth-order valence-electron chi connectivity index (χ4n) is 3.00. The second-order valence-corrected chi connectivity index (χ2v) is 7.29. The van der Waals surface area contributed by atoms with E-state index in [1.54, 1.807) is 24.4 Å². The first-order valence-electron chi connectivity index (χ1n) is 8.94. The molecule has 7 heteroatoms. The van der Waals surface area contributed by atoms with Crippen LogP contribution >= 0.6 is 23.2 Å². The summed E-state index contributed by atoms with van der Waals surface area (Å²) in [6.45, 7) is 4.14. The third-order valence-corrected chi connectivity index (χ3v) is 5.35. The van der Waals surface area contributed by atoms with E-state index < -0.39 is 5.91 Å². The lowest BCUT2D eigenvalue weighted by Crippen LogP contribution is -2.43. The number of anilines is 1. The van der Waals surface area contributed by atoms with Gasteiger partial charge < -0.3 is 10.2 Å². The minimum atomic E-state index is -0.501. The number of nitrogens with zero attached hydrogens (tertiary/aromatic N) is 3. The average molecular weight is 415 g/mol. The first-order valence-corrected chi connectivity index (χ1v) is 9.70. The predicted octanol–water partition coefficient (Wildman–Crippen LogP) is 4.16. The van der Waals surface area contributed by atoms with Gasteiger partial charge in [0.15, 0.2) is 0 Å². The van der Waals surface area contributed by atoms with Gasteiger partial charge in [-0.2, -0.15) is 5.26 Å². The Hall–Kier alpha value is -2.52. The normalized spacial score (nSPS) is 15.2. The number of halogens is 2. The summed E-state index contributed by atoms with van der Waals surface area (Å²) in [5, 5.41) is 12.6. The van der Waals surface area contributed by atoms with Crippen molar-refractivity contribution >= 4 is 34.8 Å². The number of carbonyl (C=O) groups is 1. The van der Waals surface area contributed by atoms with Crippen molar-refractivity contribution in [2.24, 2.45) is 0 Å². The maximum Gasteiger partial charge on any atom is 0.267 e. The SMILES string of the molecule is N#C/C(=C/N1CCN(Cc2ccccc2)CC1)C(=O)Nc1cccc(Cl)c1Cl. The van der Waals surface area contributed by atoms with Gasteiger partial charge in [0, 0.05) is 38.9 Å². The van der Waals surface area contributed by atoms with E-state index in [-0.39, 0.29) is 10.6 Å². The van der Waals surface area contributed by atoms with E-state index in [1.807, 2.05) is 29.2 Å². The third kappa shape index (κ3) is 5.26. The lowest BCUT2D eigenvalue weighted by Gasteiger charge is -2.34.